The highest BCUT2D eigenvalue weighted by atomic mass is 79.9. The Labute approximate surface area is 119 Å². The highest BCUT2D eigenvalue weighted by Gasteiger charge is 2.27. The lowest BCUT2D eigenvalue weighted by Gasteiger charge is -2.35. The minimum absolute atomic E-state index is 0.357. The van der Waals surface area contributed by atoms with Crippen molar-refractivity contribution in [1.82, 2.24) is 4.90 Å². The predicted octanol–water partition coefficient (Wildman–Crippen LogP) is 3.71. The monoisotopic (exact) mass is 310 g/mol. The maximum atomic E-state index is 6.04. The number of halogens is 1. The maximum Gasteiger partial charge on any atom is 0.0473 e. The average molecular weight is 311 g/mol. The first-order valence-corrected chi connectivity index (χ1v) is 7.76. The fourth-order valence-corrected chi connectivity index (χ4v) is 3.56. The smallest absolute Gasteiger partial charge is 0.0473 e. The van der Waals surface area contributed by atoms with Gasteiger partial charge in [-0.05, 0) is 37.1 Å². The van der Waals surface area contributed by atoms with Crippen LogP contribution < -0.4 is 5.73 Å². The summed E-state index contributed by atoms with van der Waals surface area (Å²) in [5.41, 5.74) is 7.38. The van der Waals surface area contributed by atoms with Crippen LogP contribution in [0.5, 0.6) is 0 Å². The van der Waals surface area contributed by atoms with Crippen molar-refractivity contribution >= 4 is 15.9 Å². The molecule has 3 heteroatoms. The molecule has 0 bridgehead atoms. The van der Waals surface area contributed by atoms with Crippen LogP contribution in [0.3, 0.4) is 0 Å². The molecule has 0 aliphatic heterocycles. The predicted molar refractivity (Wildman–Crippen MR) is 80.6 cm³/mol. The van der Waals surface area contributed by atoms with E-state index in [9.17, 15) is 0 Å². The molecule has 2 nitrogen and oxygen atoms in total. The number of hydrogen-bond donors (Lipinski definition) is 1. The standard InChI is InChI=1S/C15H23BrN2/c1-2-18(14-8-3-4-9-14)15(11-17)12-6-5-7-13(16)10-12/h5-7,10,14-15H,2-4,8-9,11,17H2,1H3. The Kier molecular flexibility index (Phi) is 5.22. The van der Waals surface area contributed by atoms with Crippen molar-refractivity contribution in [2.75, 3.05) is 13.1 Å². The number of benzene rings is 1. The van der Waals surface area contributed by atoms with Crippen LogP contribution in [0.25, 0.3) is 0 Å². The van der Waals surface area contributed by atoms with Crippen LogP contribution in [0.2, 0.25) is 0 Å². The van der Waals surface area contributed by atoms with Crippen LogP contribution in [0.4, 0.5) is 0 Å². The summed E-state index contributed by atoms with van der Waals surface area (Å²) in [5.74, 6) is 0. The van der Waals surface area contributed by atoms with Gasteiger partial charge in [-0.15, -0.1) is 0 Å². The molecule has 1 atom stereocenters. The Bertz CT molecular complexity index is 375. The first-order chi connectivity index (χ1) is 8.76. The number of nitrogens with zero attached hydrogens (tertiary/aromatic N) is 1. The molecule has 0 amide bonds. The summed E-state index contributed by atoms with van der Waals surface area (Å²) in [4.78, 5) is 2.59. The molecule has 0 saturated heterocycles. The van der Waals surface area contributed by atoms with Gasteiger partial charge in [0.15, 0.2) is 0 Å². The molecule has 1 saturated carbocycles. The number of nitrogens with two attached hydrogens (primary N) is 1. The van der Waals surface area contributed by atoms with Crippen LogP contribution in [-0.2, 0) is 0 Å². The fraction of sp³-hybridized carbons (Fsp3) is 0.600. The summed E-state index contributed by atoms with van der Waals surface area (Å²) in [7, 11) is 0. The molecule has 18 heavy (non-hydrogen) atoms. The number of hydrogen-bond acceptors (Lipinski definition) is 2. The highest BCUT2D eigenvalue weighted by molar-refractivity contribution is 9.10. The van der Waals surface area contributed by atoms with Crippen LogP contribution in [-0.4, -0.2) is 24.0 Å². The van der Waals surface area contributed by atoms with E-state index >= 15 is 0 Å². The van der Waals surface area contributed by atoms with E-state index in [1.165, 1.54) is 31.2 Å². The minimum Gasteiger partial charge on any atom is -0.329 e. The van der Waals surface area contributed by atoms with Crippen molar-refractivity contribution in [3.63, 3.8) is 0 Å². The summed E-state index contributed by atoms with van der Waals surface area (Å²) >= 11 is 3.55. The Morgan fingerprint density at radius 1 is 1.39 bits per heavy atom. The lowest BCUT2D eigenvalue weighted by atomic mass is 10.0. The van der Waals surface area contributed by atoms with Gasteiger partial charge >= 0.3 is 0 Å². The van der Waals surface area contributed by atoms with E-state index in [0.29, 0.717) is 12.6 Å². The van der Waals surface area contributed by atoms with Crippen molar-refractivity contribution in [3.05, 3.63) is 34.3 Å². The molecule has 0 radical (unpaired) electrons. The molecule has 1 aromatic rings. The van der Waals surface area contributed by atoms with Gasteiger partial charge in [-0.1, -0.05) is 47.8 Å². The van der Waals surface area contributed by atoms with E-state index in [4.69, 9.17) is 5.73 Å². The molecule has 2 N–H and O–H groups in total. The largest absolute Gasteiger partial charge is 0.329 e. The van der Waals surface area contributed by atoms with Gasteiger partial charge in [-0.3, -0.25) is 4.90 Å². The quantitative estimate of drug-likeness (QED) is 0.898. The molecule has 0 aromatic heterocycles. The van der Waals surface area contributed by atoms with Crippen LogP contribution in [0.15, 0.2) is 28.7 Å². The fourth-order valence-electron chi connectivity index (χ4n) is 3.15. The second-order valence-electron chi connectivity index (χ2n) is 5.08. The molecule has 100 valence electrons. The van der Waals surface area contributed by atoms with E-state index < -0.39 is 0 Å². The molecular weight excluding hydrogens is 288 g/mol. The molecule has 1 aliphatic carbocycles. The Hall–Kier alpha value is -0.380. The van der Waals surface area contributed by atoms with Gasteiger partial charge in [0, 0.05) is 23.1 Å². The van der Waals surface area contributed by atoms with Crippen molar-refractivity contribution < 1.29 is 0 Å². The van der Waals surface area contributed by atoms with E-state index in [2.05, 4.69) is 52.0 Å². The first kappa shape index (κ1) is 14.0. The molecule has 0 spiro atoms. The summed E-state index contributed by atoms with van der Waals surface area (Å²) in [5, 5.41) is 0. The van der Waals surface area contributed by atoms with Crippen molar-refractivity contribution in [1.29, 1.82) is 0 Å². The molecule has 1 fully saturated rings. The average Bonchev–Trinajstić information content (AvgIpc) is 2.89. The third kappa shape index (κ3) is 3.14. The minimum atomic E-state index is 0.357. The van der Waals surface area contributed by atoms with Crippen LogP contribution >= 0.6 is 15.9 Å². The summed E-state index contributed by atoms with van der Waals surface area (Å²) in [6.07, 6.45) is 5.41. The Balaban J connectivity index is 2.19. The summed E-state index contributed by atoms with van der Waals surface area (Å²) < 4.78 is 1.14. The van der Waals surface area contributed by atoms with Gasteiger partial charge in [0.2, 0.25) is 0 Å². The van der Waals surface area contributed by atoms with Gasteiger partial charge in [-0.25, -0.2) is 0 Å². The van der Waals surface area contributed by atoms with E-state index in [0.717, 1.165) is 17.1 Å². The van der Waals surface area contributed by atoms with Gasteiger partial charge in [-0.2, -0.15) is 0 Å². The zero-order chi connectivity index (χ0) is 13.0. The molecule has 1 aromatic carbocycles. The van der Waals surface area contributed by atoms with Crippen LogP contribution in [0, 0.1) is 0 Å². The molecule has 2 rings (SSSR count). The van der Waals surface area contributed by atoms with Crippen LogP contribution in [0.1, 0.15) is 44.2 Å². The van der Waals surface area contributed by atoms with Gasteiger partial charge in [0.25, 0.3) is 0 Å². The zero-order valence-corrected chi connectivity index (χ0v) is 12.7. The van der Waals surface area contributed by atoms with E-state index in [1.54, 1.807) is 0 Å². The Morgan fingerprint density at radius 3 is 2.67 bits per heavy atom. The van der Waals surface area contributed by atoms with Gasteiger partial charge in [0.05, 0.1) is 0 Å². The summed E-state index contributed by atoms with van der Waals surface area (Å²) in [6.45, 7) is 4.03. The molecule has 1 unspecified atom stereocenters. The van der Waals surface area contributed by atoms with E-state index in [1.807, 2.05) is 0 Å². The first-order valence-electron chi connectivity index (χ1n) is 6.97. The van der Waals surface area contributed by atoms with Gasteiger partial charge < -0.3 is 5.73 Å². The number of rotatable bonds is 5. The van der Waals surface area contributed by atoms with E-state index in [-0.39, 0.29) is 0 Å². The third-order valence-corrected chi connectivity index (χ3v) is 4.51. The molecule has 0 heterocycles. The zero-order valence-electron chi connectivity index (χ0n) is 11.1. The van der Waals surface area contributed by atoms with Gasteiger partial charge in [0.1, 0.15) is 0 Å². The van der Waals surface area contributed by atoms with Crippen molar-refractivity contribution in [3.8, 4) is 0 Å². The summed E-state index contributed by atoms with van der Waals surface area (Å²) in [6, 6.07) is 9.65. The molecule has 1 aliphatic rings. The third-order valence-electron chi connectivity index (χ3n) is 4.02. The highest BCUT2D eigenvalue weighted by Crippen LogP contribution is 2.31. The van der Waals surface area contributed by atoms with Crippen molar-refractivity contribution in [2.24, 2.45) is 5.73 Å². The normalized spacial score (nSPS) is 18.4. The Morgan fingerprint density at radius 2 is 2.11 bits per heavy atom. The second kappa shape index (κ2) is 6.69. The second-order valence-corrected chi connectivity index (χ2v) is 5.99. The maximum absolute atomic E-state index is 6.04. The lowest BCUT2D eigenvalue weighted by Crippen LogP contribution is -2.40. The molecular formula is C15H23BrN2. The number of likely N-dealkylation sites (N-methyl/N-ethyl adjacent to an activating group) is 1. The lowest BCUT2D eigenvalue weighted by molar-refractivity contribution is 0.147. The topological polar surface area (TPSA) is 29.3 Å². The SMILES string of the molecule is CCN(C1CCCC1)C(CN)c1cccc(Br)c1. The van der Waals surface area contributed by atoms with Crippen molar-refractivity contribution in [2.45, 2.75) is 44.7 Å².